The molecule has 0 fully saturated rings. The predicted octanol–water partition coefficient (Wildman–Crippen LogP) is 2.55. The molecule has 106 valence electrons. The number of pyridine rings is 1. The first-order valence-electron chi connectivity index (χ1n) is 6.33. The van der Waals surface area contributed by atoms with Crippen LogP contribution in [0.4, 0.5) is 5.82 Å². The zero-order valence-electron chi connectivity index (χ0n) is 12.1. The third kappa shape index (κ3) is 2.96. The number of nitrogens with zero attached hydrogens (tertiary/aromatic N) is 2. The van der Waals surface area contributed by atoms with E-state index in [2.05, 4.69) is 15.3 Å². The van der Waals surface area contributed by atoms with Gasteiger partial charge in [0.1, 0.15) is 16.6 Å². The Balaban J connectivity index is 2.26. The maximum atomic E-state index is 5.78. The minimum Gasteiger partial charge on any atom is -0.444 e. The summed E-state index contributed by atoms with van der Waals surface area (Å²) in [5.41, 5.74) is 9.35. The molecule has 0 atom stereocenters. The molecule has 2 heterocycles. The number of nitrogens with one attached hydrogen (secondary N) is 1. The van der Waals surface area contributed by atoms with Gasteiger partial charge in [0.2, 0.25) is 5.89 Å². The highest BCUT2D eigenvalue weighted by atomic mass is 32.1. The smallest absolute Gasteiger partial charge is 0.213 e. The summed E-state index contributed by atoms with van der Waals surface area (Å²) in [6.45, 7) is 8.15. The summed E-state index contributed by atoms with van der Waals surface area (Å²) in [6, 6.07) is 1.96. The van der Waals surface area contributed by atoms with Gasteiger partial charge in [-0.25, -0.2) is 9.97 Å². The minimum absolute atomic E-state index is 0.331. The number of hydrogen-bond acceptors (Lipinski definition) is 5. The van der Waals surface area contributed by atoms with Crippen LogP contribution in [0, 0.1) is 27.7 Å². The molecular weight excluding hydrogens is 272 g/mol. The molecule has 0 aliphatic carbocycles. The average Bonchev–Trinajstić information content (AvgIpc) is 2.64. The fourth-order valence-corrected chi connectivity index (χ4v) is 2.31. The van der Waals surface area contributed by atoms with Gasteiger partial charge in [0, 0.05) is 5.69 Å². The zero-order valence-corrected chi connectivity index (χ0v) is 12.9. The molecule has 0 saturated heterocycles. The van der Waals surface area contributed by atoms with E-state index in [1.54, 1.807) is 0 Å². The first-order valence-corrected chi connectivity index (χ1v) is 6.74. The fraction of sp³-hybridized carbons (Fsp3) is 0.357. The van der Waals surface area contributed by atoms with Crippen LogP contribution in [0.2, 0.25) is 0 Å². The Bertz CT molecular complexity index is 644. The lowest BCUT2D eigenvalue weighted by Gasteiger charge is -2.12. The number of anilines is 1. The van der Waals surface area contributed by atoms with Crippen molar-refractivity contribution in [3.05, 3.63) is 40.2 Å². The molecular formula is C14H18N4OS. The summed E-state index contributed by atoms with van der Waals surface area (Å²) in [7, 11) is 0. The number of rotatable bonds is 4. The van der Waals surface area contributed by atoms with Gasteiger partial charge in [0.25, 0.3) is 0 Å². The van der Waals surface area contributed by atoms with Gasteiger partial charge in [0.15, 0.2) is 0 Å². The van der Waals surface area contributed by atoms with Gasteiger partial charge >= 0.3 is 0 Å². The molecule has 0 radical (unpaired) electrons. The van der Waals surface area contributed by atoms with E-state index in [4.69, 9.17) is 22.4 Å². The highest BCUT2D eigenvalue weighted by Gasteiger charge is 2.12. The number of aryl methyl sites for hydroxylation is 4. The van der Waals surface area contributed by atoms with E-state index < -0.39 is 0 Å². The maximum Gasteiger partial charge on any atom is 0.213 e. The Hall–Kier alpha value is -1.95. The van der Waals surface area contributed by atoms with E-state index in [1.165, 1.54) is 0 Å². The molecule has 0 aromatic carbocycles. The van der Waals surface area contributed by atoms with E-state index in [-0.39, 0.29) is 0 Å². The van der Waals surface area contributed by atoms with E-state index in [0.29, 0.717) is 23.2 Å². The first-order chi connectivity index (χ1) is 9.38. The van der Waals surface area contributed by atoms with E-state index in [9.17, 15) is 0 Å². The summed E-state index contributed by atoms with van der Waals surface area (Å²) in [5, 5.41) is 3.20. The lowest BCUT2D eigenvalue weighted by molar-refractivity contribution is 0.478. The molecule has 0 bridgehead atoms. The molecule has 0 amide bonds. The predicted molar refractivity (Wildman–Crippen MR) is 82.9 cm³/mol. The second kappa shape index (κ2) is 5.58. The van der Waals surface area contributed by atoms with Crippen LogP contribution < -0.4 is 11.1 Å². The molecule has 20 heavy (non-hydrogen) atoms. The summed E-state index contributed by atoms with van der Waals surface area (Å²) in [4.78, 5) is 9.11. The van der Waals surface area contributed by atoms with Crippen molar-refractivity contribution in [3.63, 3.8) is 0 Å². The van der Waals surface area contributed by atoms with Crippen molar-refractivity contribution in [1.82, 2.24) is 9.97 Å². The van der Waals surface area contributed by atoms with Crippen molar-refractivity contribution in [2.75, 3.05) is 5.32 Å². The van der Waals surface area contributed by atoms with Gasteiger partial charge < -0.3 is 15.5 Å². The van der Waals surface area contributed by atoms with Crippen LogP contribution in [0.15, 0.2) is 10.5 Å². The molecule has 0 saturated carbocycles. The first kappa shape index (κ1) is 14.5. The molecule has 5 nitrogen and oxygen atoms in total. The average molecular weight is 290 g/mol. The standard InChI is InChI=1S/C14H18N4OS/c1-7-5-8(2)17-14(12(7)13(15)20)16-6-11-18-9(3)10(4)19-11/h5H,6H2,1-4H3,(H2,15,20)(H,16,17). The number of hydrogen-bond donors (Lipinski definition) is 2. The number of thiocarbonyl (C=S) groups is 1. The largest absolute Gasteiger partial charge is 0.444 e. The molecule has 2 rings (SSSR count). The second-order valence-corrected chi connectivity index (χ2v) is 5.21. The summed E-state index contributed by atoms with van der Waals surface area (Å²) in [5.74, 6) is 2.11. The molecule has 2 aromatic rings. The van der Waals surface area contributed by atoms with Crippen molar-refractivity contribution in [2.24, 2.45) is 5.73 Å². The van der Waals surface area contributed by atoms with Crippen molar-refractivity contribution < 1.29 is 4.42 Å². The monoisotopic (exact) mass is 290 g/mol. The van der Waals surface area contributed by atoms with Crippen LogP contribution in [0.25, 0.3) is 0 Å². The van der Waals surface area contributed by atoms with Crippen LogP contribution in [-0.2, 0) is 6.54 Å². The Kier molecular flexibility index (Phi) is 4.04. The van der Waals surface area contributed by atoms with Crippen LogP contribution in [0.3, 0.4) is 0 Å². The van der Waals surface area contributed by atoms with Gasteiger partial charge in [-0.2, -0.15) is 0 Å². The normalized spacial score (nSPS) is 10.6. The number of nitrogens with two attached hydrogens (primary N) is 1. The third-order valence-corrected chi connectivity index (χ3v) is 3.28. The van der Waals surface area contributed by atoms with Crippen molar-refractivity contribution in [3.8, 4) is 0 Å². The van der Waals surface area contributed by atoms with Crippen LogP contribution in [0.5, 0.6) is 0 Å². The molecule has 0 unspecified atom stereocenters. The highest BCUT2D eigenvalue weighted by Crippen LogP contribution is 2.19. The SMILES string of the molecule is Cc1cc(C)c(C(N)=S)c(NCc2nc(C)c(C)o2)n1. The number of oxazole rings is 1. The quantitative estimate of drug-likeness (QED) is 0.843. The van der Waals surface area contributed by atoms with Gasteiger partial charge in [-0.3, -0.25) is 0 Å². The van der Waals surface area contributed by atoms with Crippen LogP contribution >= 0.6 is 12.2 Å². The van der Waals surface area contributed by atoms with Crippen molar-refractivity contribution >= 4 is 23.0 Å². The van der Waals surface area contributed by atoms with Gasteiger partial charge in [-0.1, -0.05) is 12.2 Å². The van der Waals surface area contributed by atoms with Gasteiger partial charge in [0.05, 0.1) is 17.8 Å². The Morgan fingerprint density at radius 1 is 1.30 bits per heavy atom. The second-order valence-electron chi connectivity index (χ2n) is 4.77. The molecule has 3 N–H and O–H groups in total. The van der Waals surface area contributed by atoms with Crippen molar-refractivity contribution in [1.29, 1.82) is 0 Å². The van der Waals surface area contributed by atoms with E-state index >= 15 is 0 Å². The fourth-order valence-electron chi connectivity index (χ4n) is 2.05. The van der Waals surface area contributed by atoms with E-state index in [1.807, 2.05) is 33.8 Å². The Morgan fingerprint density at radius 2 is 2.00 bits per heavy atom. The Morgan fingerprint density at radius 3 is 2.55 bits per heavy atom. The lowest BCUT2D eigenvalue weighted by atomic mass is 10.1. The van der Waals surface area contributed by atoms with Crippen molar-refractivity contribution in [2.45, 2.75) is 34.2 Å². The zero-order chi connectivity index (χ0) is 14.9. The molecule has 0 spiro atoms. The van der Waals surface area contributed by atoms with E-state index in [0.717, 1.165) is 28.3 Å². The summed E-state index contributed by atoms with van der Waals surface area (Å²) < 4.78 is 5.53. The highest BCUT2D eigenvalue weighted by molar-refractivity contribution is 7.80. The number of aromatic nitrogens is 2. The Labute approximate surface area is 123 Å². The van der Waals surface area contributed by atoms with Crippen LogP contribution in [0.1, 0.15) is 34.2 Å². The molecule has 2 aromatic heterocycles. The molecule has 0 aliphatic heterocycles. The lowest BCUT2D eigenvalue weighted by Crippen LogP contribution is -2.16. The maximum absolute atomic E-state index is 5.78. The summed E-state index contributed by atoms with van der Waals surface area (Å²) in [6.07, 6.45) is 0. The molecule has 0 aliphatic rings. The minimum atomic E-state index is 0.331. The van der Waals surface area contributed by atoms with Gasteiger partial charge in [-0.05, 0) is 39.3 Å². The molecule has 6 heteroatoms. The van der Waals surface area contributed by atoms with Crippen LogP contribution in [-0.4, -0.2) is 15.0 Å². The topological polar surface area (TPSA) is 77.0 Å². The summed E-state index contributed by atoms with van der Waals surface area (Å²) >= 11 is 5.09. The third-order valence-electron chi connectivity index (χ3n) is 3.07. The van der Waals surface area contributed by atoms with Gasteiger partial charge in [-0.15, -0.1) is 0 Å².